The van der Waals surface area contributed by atoms with E-state index in [1.165, 1.54) is 34.9 Å². The van der Waals surface area contributed by atoms with Crippen LogP contribution in [-0.4, -0.2) is 61.5 Å². The molecule has 0 aromatic heterocycles. The Kier molecular flexibility index (Phi) is 7.21. The molecule has 0 aliphatic carbocycles. The Balaban J connectivity index is 1.25. The minimum atomic E-state index is -0.273. The maximum Gasteiger partial charge on any atom is 0.241 e. The van der Waals surface area contributed by atoms with Crippen molar-refractivity contribution in [3.63, 3.8) is 0 Å². The summed E-state index contributed by atoms with van der Waals surface area (Å²) in [5.74, 6) is 0.345. The van der Waals surface area contributed by atoms with Gasteiger partial charge in [0, 0.05) is 25.3 Å². The predicted molar refractivity (Wildman–Crippen MR) is 137 cm³/mol. The van der Waals surface area contributed by atoms with Crippen LogP contribution in [0.25, 0.3) is 10.8 Å². The summed E-state index contributed by atoms with van der Waals surface area (Å²) in [4.78, 5) is 19.9. The number of piperidine rings is 1. The maximum atomic E-state index is 13.6. The van der Waals surface area contributed by atoms with Crippen molar-refractivity contribution in [2.75, 3.05) is 50.7 Å². The van der Waals surface area contributed by atoms with E-state index in [-0.39, 0.29) is 11.7 Å². The molecule has 2 saturated heterocycles. The summed E-state index contributed by atoms with van der Waals surface area (Å²) in [5, 5.41) is 2.64. The molecule has 5 heteroatoms. The fourth-order valence-corrected chi connectivity index (χ4v) is 5.55. The van der Waals surface area contributed by atoms with Crippen molar-refractivity contribution < 1.29 is 9.18 Å². The Labute approximate surface area is 202 Å². The SMILES string of the molecule is O=C(CN1CCCCC1)N(CCN1CCC(c2cccc3ccccc23)C1)c1ccc(F)cc1. The van der Waals surface area contributed by atoms with Crippen LogP contribution in [-0.2, 0) is 4.79 Å². The fourth-order valence-electron chi connectivity index (χ4n) is 5.55. The second-order valence-corrected chi connectivity index (χ2v) is 9.71. The average molecular weight is 460 g/mol. The second kappa shape index (κ2) is 10.7. The van der Waals surface area contributed by atoms with Gasteiger partial charge in [0.15, 0.2) is 0 Å². The van der Waals surface area contributed by atoms with Crippen molar-refractivity contribution in [1.82, 2.24) is 9.80 Å². The van der Waals surface area contributed by atoms with Crippen molar-refractivity contribution in [3.8, 4) is 0 Å². The zero-order chi connectivity index (χ0) is 23.3. The minimum absolute atomic E-state index is 0.110. The van der Waals surface area contributed by atoms with Crippen LogP contribution < -0.4 is 4.90 Å². The van der Waals surface area contributed by atoms with Crippen molar-refractivity contribution in [3.05, 3.63) is 78.1 Å². The molecule has 1 atom stereocenters. The quantitative estimate of drug-likeness (QED) is 0.481. The molecule has 178 valence electrons. The first-order valence-electron chi connectivity index (χ1n) is 12.7. The molecule has 34 heavy (non-hydrogen) atoms. The van der Waals surface area contributed by atoms with Gasteiger partial charge in [0.25, 0.3) is 0 Å². The molecular formula is C29H34FN3O. The summed E-state index contributed by atoms with van der Waals surface area (Å²) in [6.45, 7) is 5.90. The first-order chi connectivity index (χ1) is 16.7. The lowest BCUT2D eigenvalue weighted by Gasteiger charge is -2.30. The Morgan fingerprint density at radius 2 is 1.65 bits per heavy atom. The van der Waals surface area contributed by atoms with Crippen LogP contribution in [0.5, 0.6) is 0 Å². The van der Waals surface area contributed by atoms with Gasteiger partial charge in [0.05, 0.1) is 6.54 Å². The first-order valence-corrected chi connectivity index (χ1v) is 12.7. The van der Waals surface area contributed by atoms with Gasteiger partial charge in [-0.15, -0.1) is 0 Å². The molecule has 4 nitrogen and oxygen atoms in total. The van der Waals surface area contributed by atoms with E-state index in [9.17, 15) is 9.18 Å². The zero-order valence-corrected chi connectivity index (χ0v) is 19.8. The summed E-state index contributed by atoms with van der Waals surface area (Å²) in [5.41, 5.74) is 2.21. The summed E-state index contributed by atoms with van der Waals surface area (Å²) < 4.78 is 13.6. The number of carbonyl (C=O) groups is 1. The molecular weight excluding hydrogens is 425 g/mol. The van der Waals surface area contributed by atoms with Crippen molar-refractivity contribution in [2.24, 2.45) is 0 Å². The van der Waals surface area contributed by atoms with Gasteiger partial charge in [-0.1, -0.05) is 48.9 Å². The van der Waals surface area contributed by atoms with E-state index in [0.717, 1.165) is 57.7 Å². The minimum Gasteiger partial charge on any atom is -0.310 e. The maximum absolute atomic E-state index is 13.6. The van der Waals surface area contributed by atoms with Crippen molar-refractivity contribution >= 4 is 22.4 Å². The van der Waals surface area contributed by atoms with E-state index in [2.05, 4.69) is 52.3 Å². The summed E-state index contributed by atoms with van der Waals surface area (Å²) >= 11 is 0. The van der Waals surface area contributed by atoms with Crippen LogP contribution in [0.3, 0.4) is 0 Å². The Morgan fingerprint density at radius 3 is 2.47 bits per heavy atom. The second-order valence-electron chi connectivity index (χ2n) is 9.71. The van der Waals surface area contributed by atoms with Gasteiger partial charge in [-0.2, -0.15) is 0 Å². The highest BCUT2D eigenvalue weighted by Gasteiger charge is 2.27. The third-order valence-electron chi connectivity index (χ3n) is 7.42. The molecule has 0 N–H and O–H groups in total. The van der Waals surface area contributed by atoms with Gasteiger partial charge in [0.2, 0.25) is 5.91 Å². The lowest BCUT2D eigenvalue weighted by Crippen LogP contribution is -2.45. The molecule has 0 spiro atoms. The molecule has 0 bridgehead atoms. The number of amides is 1. The molecule has 5 rings (SSSR count). The molecule has 2 aliphatic heterocycles. The van der Waals surface area contributed by atoms with Crippen LogP contribution in [0.4, 0.5) is 10.1 Å². The van der Waals surface area contributed by atoms with Crippen LogP contribution in [0.15, 0.2) is 66.7 Å². The van der Waals surface area contributed by atoms with E-state index < -0.39 is 0 Å². The number of rotatable bonds is 7. The van der Waals surface area contributed by atoms with E-state index in [4.69, 9.17) is 0 Å². The molecule has 1 amide bonds. The van der Waals surface area contributed by atoms with Crippen molar-refractivity contribution in [2.45, 2.75) is 31.6 Å². The monoisotopic (exact) mass is 459 g/mol. The molecule has 2 heterocycles. The third-order valence-corrected chi connectivity index (χ3v) is 7.42. The van der Waals surface area contributed by atoms with Gasteiger partial charge in [-0.25, -0.2) is 4.39 Å². The van der Waals surface area contributed by atoms with E-state index in [1.54, 1.807) is 12.1 Å². The summed E-state index contributed by atoms with van der Waals surface area (Å²) in [6, 6.07) is 21.6. The molecule has 2 fully saturated rings. The molecule has 0 saturated carbocycles. The standard InChI is InChI=1S/C29H34FN3O/c30-25-11-13-26(14-12-25)33(29(34)22-31-16-4-1-5-17-31)20-19-32-18-15-24(21-32)28-10-6-8-23-7-2-3-9-27(23)28/h2-3,6-14,24H,1,4-5,15-22H2. The van der Waals surface area contributed by atoms with E-state index in [1.807, 2.05) is 4.90 Å². The molecule has 3 aromatic carbocycles. The summed E-state index contributed by atoms with van der Waals surface area (Å²) in [7, 11) is 0. The number of nitrogens with zero attached hydrogens (tertiary/aromatic N) is 3. The van der Waals surface area contributed by atoms with E-state index >= 15 is 0 Å². The smallest absolute Gasteiger partial charge is 0.241 e. The Bertz CT molecular complexity index is 1100. The molecule has 0 radical (unpaired) electrons. The van der Waals surface area contributed by atoms with Crippen molar-refractivity contribution in [1.29, 1.82) is 0 Å². The Morgan fingerprint density at radius 1 is 0.882 bits per heavy atom. The number of hydrogen-bond acceptors (Lipinski definition) is 3. The topological polar surface area (TPSA) is 26.8 Å². The number of hydrogen-bond donors (Lipinski definition) is 0. The number of carbonyl (C=O) groups excluding carboxylic acids is 1. The third kappa shape index (κ3) is 5.31. The average Bonchev–Trinajstić information content (AvgIpc) is 3.34. The highest BCUT2D eigenvalue weighted by Crippen LogP contribution is 2.32. The Hall–Kier alpha value is -2.76. The highest BCUT2D eigenvalue weighted by molar-refractivity contribution is 5.94. The number of likely N-dealkylation sites (tertiary alicyclic amines) is 2. The van der Waals surface area contributed by atoms with Gasteiger partial charge in [-0.3, -0.25) is 9.69 Å². The number of fused-ring (bicyclic) bond motifs is 1. The highest BCUT2D eigenvalue weighted by atomic mass is 19.1. The van der Waals surface area contributed by atoms with Gasteiger partial charge >= 0.3 is 0 Å². The van der Waals surface area contributed by atoms with Gasteiger partial charge in [0.1, 0.15) is 5.82 Å². The molecule has 1 unspecified atom stereocenters. The fraction of sp³-hybridized carbons (Fsp3) is 0.414. The summed E-state index contributed by atoms with van der Waals surface area (Å²) in [6.07, 6.45) is 4.70. The number of benzene rings is 3. The molecule has 3 aromatic rings. The van der Waals surface area contributed by atoms with Crippen LogP contribution in [0.2, 0.25) is 0 Å². The van der Waals surface area contributed by atoms with Crippen LogP contribution in [0, 0.1) is 5.82 Å². The van der Waals surface area contributed by atoms with Gasteiger partial charge < -0.3 is 9.80 Å². The zero-order valence-electron chi connectivity index (χ0n) is 19.8. The normalized spacial score (nSPS) is 19.5. The molecule has 2 aliphatic rings. The van der Waals surface area contributed by atoms with Gasteiger partial charge in [-0.05, 0) is 85.4 Å². The number of anilines is 1. The largest absolute Gasteiger partial charge is 0.310 e. The van der Waals surface area contributed by atoms with E-state index in [0.29, 0.717) is 19.0 Å². The first kappa shape index (κ1) is 23.0. The lowest BCUT2D eigenvalue weighted by molar-refractivity contribution is -0.120. The van der Waals surface area contributed by atoms with Crippen LogP contribution in [0.1, 0.15) is 37.2 Å². The number of halogens is 1. The predicted octanol–water partition coefficient (Wildman–Crippen LogP) is 5.29. The lowest BCUT2D eigenvalue weighted by atomic mass is 9.93. The van der Waals surface area contributed by atoms with Crippen LogP contribution >= 0.6 is 0 Å².